The van der Waals surface area contributed by atoms with E-state index in [-0.39, 0.29) is 5.12 Å². The van der Waals surface area contributed by atoms with Crippen LogP contribution >= 0.6 is 11.8 Å². The van der Waals surface area contributed by atoms with Crippen molar-refractivity contribution >= 4 is 28.6 Å². The van der Waals surface area contributed by atoms with E-state index in [9.17, 15) is 4.79 Å². The fraction of sp³-hybridized carbons (Fsp3) is 0.273. The van der Waals surface area contributed by atoms with Crippen molar-refractivity contribution in [3.05, 3.63) is 30.1 Å². The molecule has 1 heterocycles. The first-order valence-corrected chi connectivity index (χ1v) is 5.68. The van der Waals surface area contributed by atoms with Crippen molar-refractivity contribution in [2.24, 2.45) is 0 Å². The molecular weight excluding hydrogens is 208 g/mol. The Morgan fingerprint density at radius 3 is 3.13 bits per heavy atom. The van der Waals surface area contributed by atoms with E-state index in [1.54, 1.807) is 19.3 Å². The largest absolute Gasteiger partial charge is 0.397 e. The molecule has 0 aliphatic heterocycles. The summed E-state index contributed by atoms with van der Waals surface area (Å²) in [4.78, 5) is 14.5. The molecule has 3 nitrogen and oxygen atoms in total. The van der Waals surface area contributed by atoms with Crippen LogP contribution in [0.3, 0.4) is 0 Å². The Hall–Kier alpha value is -1.29. The van der Waals surface area contributed by atoms with E-state index in [1.807, 2.05) is 18.2 Å². The van der Waals surface area contributed by atoms with Gasteiger partial charge >= 0.3 is 0 Å². The molecule has 0 atom stereocenters. The highest BCUT2D eigenvalue weighted by molar-refractivity contribution is 8.13. The standard InChI is InChI=1S/C11H14N2OS/c1-9(14)15-7-3-2-4-10-5-6-13-8-11(10)12/h2,4-6,8H,3,7,12H2,1H3. The van der Waals surface area contributed by atoms with Crippen LogP contribution < -0.4 is 5.73 Å². The maximum absolute atomic E-state index is 10.6. The van der Waals surface area contributed by atoms with Gasteiger partial charge in [0, 0.05) is 24.4 Å². The van der Waals surface area contributed by atoms with Gasteiger partial charge in [-0.25, -0.2) is 0 Å². The number of aromatic nitrogens is 1. The Bertz CT molecular complexity index is 363. The number of thioether (sulfide) groups is 1. The summed E-state index contributed by atoms with van der Waals surface area (Å²) in [6, 6.07) is 1.87. The number of allylic oxidation sites excluding steroid dienone is 1. The Morgan fingerprint density at radius 1 is 1.67 bits per heavy atom. The summed E-state index contributed by atoms with van der Waals surface area (Å²) in [6.07, 6.45) is 8.18. The molecule has 0 bridgehead atoms. The van der Waals surface area contributed by atoms with E-state index in [4.69, 9.17) is 5.73 Å². The van der Waals surface area contributed by atoms with Crippen LogP contribution in [-0.4, -0.2) is 15.9 Å². The molecule has 0 saturated heterocycles. The number of pyridine rings is 1. The van der Waals surface area contributed by atoms with Crippen molar-refractivity contribution < 1.29 is 4.79 Å². The summed E-state index contributed by atoms with van der Waals surface area (Å²) in [6.45, 7) is 1.58. The summed E-state index contributed by atoms with van der Waals surface area (Å²) < 4.78 is 0. The van der Waals surface area contributed by atoms with Crippen molar-refractivity contribution in [3.8, 4) is 0 Å². The SMILES string of the molecule is CC(=O)SCCC=Cc1ccncc1N. The number of nitrogen functional groups attached to an aromatic ring is 1. The molecule has 4 heteroatoms. The molecule has 0 amide bonds. The third-order valence-electron chi connectivity index (χ3n) is 1.77. The monoisotopic (exact) mass is 222 g/mol. The summed E-state index contributed by atoms with van der Waals surface area (Å²) in [5, 5.41) is 0.159. The minimum atomic E-state index is 0.159. The molecule has 0 unspecified atom stereocenters. The number of rotatable bonds is 4. The minimum Gasteiger partial charge on any atom is -0.397 e. The number of nitrogens with two attached hydrogens (primary N) is 1. The topological polar surface area (TPSA) is 56.0 Å². The first-order valence-electron chi connectivity index (χ1n) is 4.69. The van der Waals surface area contributed by atoms with E-state index in [1.165, 1.54) is 11.8 Å². The van der Waals surface area contributed by atoms with Crippen LogP contribution in [0.15, 0.2) is 24.5 Å². The van der Waals surface area contributed by atoms with Gasteiger partial charge in [0.2, 0.25) is 0 Å². The van der Waals surface area contributed by atoms with Gasteiger partial charge in [0.1, 0.15) is 0 Å². The van der Waals surface area contributed by atoms with Crippen LogP contribution in [0.2, 0.25) is 0 Å². The van der Waals surface area contributed by atoms with Gasteiger partial charge in [0.15, 0.2) is 5.12 Å². The van der Waals surface area contributed by atoms with Gasteiger partial charge in [0.05, 0.1) is 11.9 Å². The van der Waals surface area contributed by atoms with Crippen molar-refractivity contribution in [1.82, 2.24) is 4.98 Å². The average Bonchev–Trinajstić information content (AvgIpc) is 2.20. The summed E-state index contributed by atoms with van der Waals surface area (Å²) >= 11 is 1.34. The smallest absolute Gasteiger partial charge is 0.185 e. The molecule has 80 valence electrons. The Balaban J connectivity index is 2.38. The number of hydrogen-bond acceptors (Lipinski definition) is 4. The molecular formula is C11H14N2OS. The molecule has 0 spiro atoms. The number of carbonyl (C=O) groups excluding carboxylic acids is 1. The summed E-state index contributed by atoms with van der Waals surface area (Å²) in [7, 11) is 0. The minimum absolute atomic E-state index is 0.159. The average molecular weight is 222 g/mol. The van der Waals surface area contributed by atoms with Gasteiger partial charge in [-0.2, -0.15) is 0 Å². The van der Waals surface area contributed by atoms with Gasteiger partial charge in [-0.15, -0.1) is 0 Å². The maximum atomic E-state index is 10.6. The van der Waals surface area contributed by atoms with Crippen molar-refractivity contribution in [2.45, 2.75) is 13.3 Å². The number of hydrogen-bond donors (Lipinski definition) is 1. The van der Waals surface area contributed by atoms with Gasteiger partial charge in [-0.05, 0) is 12.5 Å². The van der Waals surface area contributed by atoms with Crippen LogP contribution in [0.4, 0.5) is 5.69 Å². The molecule has 2 N–H and O–H groups in total. The molecule has 1 aromatic heterocycles. The third-order valence-corrected chi connectivity index (χ3v) is 2.62. The van der Waals surface area contributed by atoms with Crippen LogP contribution in [0.5, 0.6) is 0 Å². The first kappa shape index (κ1) is 11.8. The Morgan fingerprint density at radius 2 is 2.47 bits per heavy atom. The molecule has 0 aromatic carbocycles. The zero-order valence-electron chi connectivity index (χ0n) is 8.64. The summed E-state index contributed by atoms with van der Waals surface area (Å²) in [5.74, 6) is 0.816. The van der Waals surface area contributed by atoms with Crippen molar-refractivity contribution in [1.29, 1.82) is 0 Å². The summed E-state index contributed by atoms with van der Waals surface area (Å²) in [5.41, 5.74) is 7.35. The van der Waals surface area contributed by atoms with Gasteiger partial charge in [-0.3, -0.25) is 9.78 Å². The molecule has 1 aromatic rings. The number of carbonyl (C=O) groups is 1. The van der Waals surface area contributed by atoms with Gasteiger partial charge in [-0.1, -0.05) is 23.9 Å². The number of anilines is 1. The molecule has 0 aliphatic rings. The maximum Gasteiger partial charge on any atom is 0.185 e. The lowest BCUT2D eigenvalue weighted by molar-refractivity contribution is -0.109. The Kier molecular flexibility index (Phi) is 4.90. The van der Waals surface area contributed by atoms with Crippen LogP contribution in [-0.2, 0) is 4.79 Å². The van der Waals surface area contributed by atoms with Gasteiger partial charge < -0.3 is 5.73 Å². The zero-order valence-corrected chi connectivity index (χ0v) is 9.46. The van der Waals surface area contributed by atoms with Crippen molar-refractivity contribution in [3.63, 3.8) is 0 Å². The molecule has 15 heavy (non-hydrogen) atoms. The molecule has 0 aliphatic carbocycles. The third kappa shape index (κ3) is 4.65. The fourth-order valence-electron chi connectivity index (χ4n) is 1.05. The Labute approximate surface area is 93.8 Å². The molecule has 0 fully saturated rings. The quantitative estimate of drug-likeness (QED) is 0.794. The zero-order chi connectivity index (χ0) is 11.1. The van der Waals surface area contributed by atoms with E-state index in [0.29, 0.717) is 5.69 Å². The van der Waals surface area contributed by atoms with E-state index in [2.05, 4.69) is 4.98 Å². The predicted octanol–water partition coefficient (Wildman–Crippen LogP) is 2.35. The fourth-order valence-corrected chi connectivity index (χ4v) is 1.59. The second-order valence-corrected chi connectivity index (χ2v) is 4.31. The molecule has 0 radical (unpaired) electrons. The second-order valence-electron chi connectivity index (χ2n) is 3.04. The first-order chi connectivity index (χ1) is 7.20. The molecule has 1 rings (SSSR count). The van der Waals surface area contributed by atoms with Crippen LogP contribution in [0.25, 0.3) is 6.08 Å². The van der Waals surface area contributed by atoms with Gasteiger partial charge in [0.25, 0.3) is 0 Å². The van der Waals surface area contributed by atoms with Crippen LogP contribution in [0.1, 0.15) is 18.9 Å². The highest BCUT2D eigenvalue weighted by Crippen LogP contribution is 2.11. The molecule has 0 saturated carbocycles. The van der Waals surface area contributed by atoms with E-state index >= 15 is 0 Å². The lowest BCUT2D eigenvalue weighted by atomic mass is 10.2. The normalized spacial score (nSPS) is 10.7. The van der Waals surface area contributed by atoms with E-state index < -0.39 is 0 Å². The highest BCUT2D eigenvalue weighted by atomic mass is 32.2. The predicted molar refractivity (Wildman–Crippen MR) is 65.4 cm³/mol. The van der Waals surface area contributed by atoms with Crippen LogP contribution in [0, 0.1) is 0 Å². The lowest BCUT2D eigenvalue weighted by Gasteiger charge is -1.97. The van der Waals surface area contributed by atoms with Crippen molar-refractivity contribution in [2.75, 3.05) is 11.5 Å². The highest BCUT2D eigenvalue weighted by Gasteiger charge is 1.93. The van der Waals surface area contributed by atoms with E-state index in [0.717, 1.165) is 17.7 Å². The second kappa shape index (κ2) is 6.24. The number of nitrogens with zero attached hydrogens (tertiary/aromatic N) is 1. The lowest BCUT2D eigenvalue weighted by Crippen LogP contribution is -1.89.